The summed E-state index contributed by atoms with van der Waals surface area (Å²) in [5.41, 5.74) is 4.44. The topological polar surface area (TPSA) is 24.7 Å². The molecule has 0 heterocycles. The van der Waals surface area contributed by atoms with Gasteiger partial charge in [0.25, 0.3) is 0 Å². The molecule has 0 amide bonds. The fourth-order valence-corrected chi connectivity index (χ4v) is 6.31. The molecule has 2 aromatic rings. The molecule has 0 aliphatic heterocycles. The SMILES string of the molecule is C[C-]1CCCC1.C[C-]1CCCC1.C[C-]1CCCC1C=Nc1ccc(/C=C/c2ccc(N=CC3CCC[C-]3C)cc2)cc1.[Fe+2].[Fe+2]. The first kappa shape index (κ1) is 38.7. The molecule has 4 aliphatic carbocycles. The number of hydrogen-bond acceptors (Lipinski definition) is 2. The van der Waals surface area contributed by atoms with Crippen LogP contribution in [0, 0.1) is 35.5 Å². The summed E-state index contributed by atoms with van der Waals surface area (Å²) < 4.78 is 0. The van der Waals surface area contributed by atoms with Crippen molar-refractivity contribution in [3.05, 3.63) is 83.3 Å². The quantitative estimate of drug-likeness (QED) is 0.126. The third kappa shape index (κ3) is 13.9. The molecule has 4 aliphatic rings. The molecule has 4 saturated carbocycles. The van der Waals surface area contributed by atoms with Crippen molar-refractivity contribution in [2.24, 2.45) is 21.8 Å². The van der Waals surface area contributed by atoms with Crippen LogP contribution in [0.2, 0.25) is 0 Å². The monoisotopic (exact) mass is 674 g/mol. The van der Waals surface area contributed by atoms with Crippen LogP contribution in [0.1, 0.15) is 129 Å². The number of hydrogen-bond donors (Lipinski definition) is 0. The van der Waals surface area contributed by atoms with Crippen LogP contribution >= 0.6 is 0 Å². The van der Waals surface area contributed by atoms with Gasteiger partial charge >= 0.3 is 34.1 Å². The minimum Gasteiger partial charge on any atom is -0.317 e. The van der Waals surface area contributed by atoms with Crippen molar-refractivity contribution in [2.45, 2.75) is 118 Å². The Morgan fingerprint density at radius 3 is 1.09 bits per heavy atom. The zero-order valence-corrected chi connectivity index (χ0v) is 29.8. The van der Waals surface area contributed by atoms with Gasteiger partial charge in [-0.3, -0.25) is 9.98 Å². The van der Waals surface area contributed by atoms with Crippen LogP contribution in [0.4, 0.5) is 11.4 Å². The maximum absolute atomic E-state index is 4.67. The van der Waals surface area contributed by atoms with Crippen molar-refractivity contribution in [3.8, 4) is 0 Å². The summed E-state index contributed by atoms with van der Waals surface area (Å²) in [6.45, 7) is 9.03. The Hall–Kier alpha value is -1.44. The first-order valence-electron chi connectivity index (χ1n) is 16.7. The predicted molar refractivity (Wildman–Crippen MR) is 185 cm³/mol. The van der Waals surface area contributed by atoms with Crippen LogP contribution in [0.15, 0.2) is 58.5 Å². The summed E-state index contributed by atoms with van der Waals surface area (Å²) in [7, 11) is 0. The Balaban J connectivity index is 0.000000401. The zero-order chi connectivity index (χ0) is 29.6. The van der Waals surface area contributed by atoms with Crippen LogP contribution in [-0.4, -0.2) is 12.4 Å². The van der Waals surface area contributed by atoms with Crippen LogP contribution in [0.3, 0.4) is 0 Å². The molecule has 2 aromatic carbocycles. The third-order valence-corrected chi connectivity index (χ3v) is 9.41. The van der Waals surface area contributed by atoms with Crippen LogP contribution in [-0.2, 0) is 34.1 Å². The van der Waals surface area contributed by atoms with Gasteiger partial charge in [-0.2, -0.15) is 66.2 Å². The van der Waals surface area contributed by atoms with Gasteiger partial charge in [-0.15, -0.1) is 11.8 Å². The molecule has 0 spiro atoms. The minimum atomic E-state index is 0. The standard InChI is InChI=1S/C28H32N2.2C6H11.2Fe/c1-21-5-3-7-25(21)19-29-27-15-11-23(12-16-27)9-10-24-13-17-28(18-14-24)30-20-26-8-4-6-22(26)2;2*1-6-4-2-3-5-6;;/h9-20,25-26H,3-8H2,1-2H3;2*2-5H2,1H3;;/q-2;2*-1;2*+2/b10-9+,29-19?,30-20?;;;;. The van der Waals surface area contributed by atoms with E-state index in [0.29, 0.717) is 11.8 Å². The van der Waals surface area contributed by atoms with Gasteiger partial charge in [-0.1, -0.05) is 87.8 Å². The van der Waals surface area contributed by atoms with Gasteiger partial charge in [0.1, 0.15) is 0 Å². The second-order valence-corrected chi connectivity index (χ2v) is 13.1. The fraction of sp³-hybridized carbons (Fsp3) is 0.500. The van der Waals surface area contributed by atoms with E-state index in [4.69, 9.17) is 0 Å². The van der Waals surface area contributed by atoms with Gasteiger partial charge in [0.15, 0.2) is 0 Å². The van der Waals surface area contributed by atoms with Crippen molar-refractivity contribution in [1.29, 1.82) is 0 Å². The normalized spacial score (nSPS) is 23.0. The largest absolute Gasteiger partial charge is 2.00 e. The molecule has 4 heteroatoms. The maximum atomic E-state index is 4.67. The molecule has 0 saturated heterocycles. The maximum Gasteiger partial charge on any atom is 2.00 e. The molecule has 0 N–H and O–H groups in total. The number of aliphatic imine (C=N–C) groups is 2. The second-order valence-electron chi connectivity index (χ2n) is 13.1. The van der Waals surface area contributed by atoms with E-state index >= 15 is 0 Å². The van der Waals surface area contributed by atoms with E-state index in [-0.39, 0.29) is 34.1 Å². The Morgan fingerprint density at radius 1 is 0.500 bits per heavy atom. The third-order valence-electron chi connectivity index (χ3n) is 9.41. The first-order valence-corrected chi connectivity index (χ1v) is 16.7. The van der Waals surface area contributed by atoms with Crippen molar-refractivity contribution in [2.75, 3.05) is 0 Å². The van der Waals surface area contributed by atoms with E-state index in [1.807, 2.05) is 0 Å². The van der Waals surface area contributed by atoms with Crippen molar-refractivity contribution >= 4 is 36.0 Å². The van der Waals surface area contributed by atoms with Gasteiger partial charge in [0.2, 0.25) is 0 Å². The summed E-state index contributed by atoms with van der Waals surface area (Å²) >= 11 is 0. The number of benzene rings is 2. The van der Waals surface area contributed by atoms with Crippen molar-refractivity contribution < 1.29 is 34.1 Å². The van der Waals surface area contributed by atoms with E-state index < -0.39 is 0 Å². The molecular formula is C40H54Fe2N2. The molecule has 0 radical (unpaired) electrons. The molecule has 4 fully saturated rings. The van der Waals surface area contributed by atoms with Gasteiger partial charge in [-0.05, 0) is 47.8 Å². The van der Waals surface area contributed by atoms with Crippen molar-refractivity contribution in [1.82, 2.24) is 0 Å². The molecule has 6 rings (SSSR count). The van der Waals surface area contributed by atoms with E-state index in [1.165, 1.54) is 101 Å². The summed E-state index contributed by atoms with van der Waals surface area (Å²) in [5.74, 6) is 7.68. The second kappa shape index (κ2) is 21.4. The smallest absolute Gasteiger partial charge is 0.317 e. The molecular weight excluding hydrogens is 620 g/mol. The average Bonchev–Trinajstić information content (AvgIpc) is 3.83. The summed E-state index contributed by atoms with van der Waals surface area (Å²) in [4.78, 5) is 9.35. The van der Waals surface area contributed by atoms with Crippen molar-refractivity contribution in [3.63, 3.8) is 0 Å². The Morgan fingerprint density at radius 2 is 0.841 bits per heavy atom. The van der Waals surface area contributed by atoms with Gasteiger partial charge in [0.05, 0.1) is 11.4 Å². The number of nitrogens with zero attached hydrogens (tertiary/aromatic N) is 2. The molecule has 2 unspecified atom stereocenters. The van der Waals surface area contributed by atoms with E-state index in [1.54, 1.807) is 23.7 Å². The zero-order valence-electron chi connectivity index (χ0n) is 27.6. The fourth-order valence-electron chi connectivity index (χ4n) is 6.31. The van der Waals surface area contributed by atoms with E-state index in [2.05, 4.69) is 111 Å². The minimum absolute atomic E-state index is 0. The summed E-state index contributed by atoms with van der Waals surface area (Å²) in [6, 6.07) is 16.9. The molecule has 2 atom stereocenters. The summed E-state index contributed by atoms with van der Waals surface area (Å²) in [5, 5.41) is 0. The Kier molecular flexibility index (Phi) is 18.8. The van der Waals surface area contributed by atoms with Crippen LogP contribution < -0.4 is 0 Å². The van der Waals surface area contributed by atoms with Crippen LogP contribution in [0.25, 0.3) is 12.2 Å². The van der Waals surface area contributed by atoms with E-state index in [9.17, 15) is 0 Å². The summed E-state index contributed by atoms with van der Waals surface area (Å²) in [6.07, 6.45) is 27.6. The Bertz CT molecular complexity index is 1020. The average molecular weight is 675 g/mol. The number of rotatable bonds is 6. The van der Waals surface area contributed by atoms with Gasteiger partial charge < -0.3 is 23.7 Å². The predicted octanol–water partition coefficient (Wildman–Crippen LogP) is 12.4. The van der Waals surface area contributed by atoms with Crippen LogP contribution in [0.5, 0.6) is 0 Å². The molecule has 44 heavy (non-hydrogen) atoms. The molecule has 240 valence electrons. The van der Waals surface area contributed by atoms with Gasteiger partial charge in [0, 0.05) is 0 Å². The molecule has 2 nitrogen and oxygen atoms in total. The Labute approximate surface area is 291 Å². The molecule has 0 bridgehead atoms. The first-order chi connectivity index (χ1) is 20.5. The van der Waals surface area contributed by atoms with Gasteiger partial charge in [-0.25, -0.2) is 0 Å². The van der Waals surface area contributed by atoms with E-state index in [0.717, 1.165) is 11.4 Å². The molecule has 0 aromatic heterocycles.